The molecule has 8 nitrogen and oxygen atoms in total. The Hall–Kier alpha value is -1.54. The third kappa shape index (κ3) is 4.03. The largest absolute Gasteiger partial charge is 0.508 e. The molecule has 0 aromatic heterocycles. The van der Waals surface area contributed by atoms with Crippen molar-refractivity contribution in [3.63, 3.8) is 0 Å². The fraction of sp³-hybridized carbons (Fsp3) is 0.926. The molecule has 1 amide bonds. The van der Waals surface area contributed by atoms with E-state index in [0.29, 0.717) is 30.8 Å². The molecular weight excluding hydrogens is 448 g/mol. The summed E-state index contributed by atoms with van der Waals surface area (Å²) < 4.78 is 16.5. The Kier molecular flexibility index (Phi) is 6.52. The molecule has 5 fully saturated rings. The molecule has 0 aromatic carbocycles. The highest BCUT2D eigenvalue weighted by molar-refractivity contribution is 5.68. The summed E-state index contributed by atoms with van der Waals surface area (Å²) in [6.07, 6.45) is 8.86. The number of amides is 1. The van der Waals surface area contributed by atoms with Crippen molar-refractivity contribution < 1.29 is 28.9 Å². The third-order valence-electron chi connectivity index (χ3n) is 11.2. The van der Waals surface area contributed by atoms with E-state index in [9.17, 15) is 14.7 Å². The fourth-order valence-corrected chi connectivity index (χ4v) is 9.03. The molecule has 4 saturated carbocycles. The van der Waals surface area contributed by atoms with Crippen LogP contribution >= 0.6 is 0 Å². The van der Waals surface area contributed by atoms with Gasteiger partial charge in [0.15, 0.2) is 0 Å². The van der Waals surface area contributed by atoms with Crippen LogP contribution in [0, 0.1) is 28.6 Å². The molecule has 3 N–H and O–H groups in total. The van der Waals surface area contributed by atoms with Gasteiger partial charge in [-0.2, -0.15) is 0 Å². The van der Waals surface area contributed by atoms with Crippen molar-refractivity contribution >= 4 is 12.2 Å². The molecule has 1 aliphatic heterocycles. The Balaban J connectivity index is 1.26. The molecule has 1 unspecified atom stereocenters. The molecule has 9 atom stereocenters. The van der Waals surface area contributed by atoms with Crippen LogP contribution in [0.25, 0.3) is 0 Å². The Morgan fingerprint density at radius 1 is 0.971 bits per heavy atom. The predicted molar refractivity (Wildman–Crippen MR) is 130 cm³/mol. The van der Waals surface area contributed by atoms with Gasteiger partial charge < -0.3 is 30.0 Å². The SMILES string of the molecule is COC(=O)O[C@H]1CC[C@]2(N)[C@@H]3CC[C@@H]4C[C@@H](OC(=O)N5CCCC(O)C5)CC[C@]4(C)[C@H]3CC[C@]12C. The van der Waals surface area contributed by atoms with Crippen LogP contribution in [-0.2, 0) is 14.2 Å². The number of fused-ring (bicyclic) bond motifs is 5. The number of β-amino-alcohol motifs (C(OH)–C–C–N with tert-alkyl or cyclic N) is 1. The number of carbonyl (C=O) groups excluding carboxylic acids is 2. The van der Waals surface area contributed by atoms with Gasteiger partial charge >= 0.3 is 12.2 Å². The molecular formula is C27H44N2O6. The van der Waals surface area contributed by atoms with Gasteiger partial charge in [0.25, 0.3) is 0 Å². The molecule has 4 aliphatic carbocycles. The van der Waals surface area contributed by atoms with E-state index >= 15 is 0 Å². The second-order valence-electron chi connectivity index (χ2n) is 12.6. The molecule has 0 bridgehead atoms. The van der Waals surface area contributed by atoms with Crippen molar-refractivity contribution in [2.75, 3.05) is 20.2 Å². The first kappa shape index (κ1) is 25.1. The van der Waals surface area contributed by atoms with Gasteiger partial charge in [-0.1, -0.05) is 13.8 Å². The van der Waals surface area contributed by atoms with E-state index in [1.165, 1.54) is 7.11 Å². The Bertz CT molecular complexity index is 838. The highest BCUT2D eigenvalue weighted by atomic mass is 16.7. The van der Waals surface area contributed by atoms with Crippen molar-refractivity contribution in [2.24, 2.45) is 34.3 Å². The minimum Gasteiger partial charge on any atom is -0.446 e. The van der Waals surface area contributed by atoms with Gasteiger partial charge in [0, 0.05) is 24.0 Å². The molecule has 1 heterocycles. The number of methoxy groups -OCH3 is 1. The minimum atomic E-state index is -0.606. The average molecular weight is 493 g/mol. The van der Waals surface area contributed by atoms with Crippen molar-refractivity contribution in [1.29, 1.82) is 0 Å². The zero-order chi connectivity index (χ0) is 25.0. The van der Waals surface area contributed by atoms with Gasteiger partial charge in [0.05, 0.1) is 13.2 Å². The van der Waals surface area contributed by atoms with Crippen LogP contribution in [0.3, 0.4) is 0 Å². The summed E-state index contributed by atoms with van der Waals surface area (Å²) in [7, 11) is 1.36. The second-order valence-corrected chi connectivity index (χ2v) is 12.6. The number of likely N-dealkylation sites (tertiary alicyclic amines) is 1. The standard InChI is InChI=1S/C27H44N2O6/c1-25-11-8-19(34-23(31)29-14-4-5-18(30)16-29)15-17(25)6-7-21-20(25)9-12-26(2)22(35-24(32)33-3)10-13-27(21,26)28/h17-22,30H,4-16,28H2,1-3H3/t17-,18?,19+,20+,21-,22+,25+,26-,27+/m1/s1. The van der Waals surface area contributed by atoms with Crippen molar-refractivity contribution in [3.05, 3.63) is 0 Å². The Morgan fingerprint density at radius 3 is 2.51 bits per heavy atom. The summed E-state index contributed by atoms with van der Waals surface area (Å²) in [6, 6.07) is 0. The summed E-state index contributed by atoms with van der Waals surface area (Å²) in [6.45, 7) is 5.74. The van der Waals surface area contributed by atoms with Crippen molar-refractivity contribution in [2.45, 2.75) is 108 Å². The molecule has 198 valence electrons. The maximum atomic E-state index is 12.7. The third-order valence-corrected chi connectivity index (χ3v) is 11.2. The molecule has 0 spiro atoms. The van der Waals surface area contributed by atoms with Gasteiger partial charge in [0.1, 0.15) is 12.2 Å². The first-order chi connectivity index (χ1) is 16.6. The number of carbonyl (C=O) groups is 2. The van der Waals surface area contributed by atoms with Gasteiger partial charge in [-0.3, -0.25) is 0 Å². The quantitative estimate of drug-likeness (QED) is 0.555. The van der Waals surface area contributed by atoms with Crippen molar-refractivity contribution in [3.8, 4) is 0 Å². The first-order valence-corrected chi connectivity index (χ1v) is 13.8. The highest BCUT2D eigenvalue weighted by Crippen LogP contribution is 2.67. The first-order valence-electron chi connectivity index (χ1n) is 13.8. The predicted octanol–water partition coefficient (Wildman–Crippen LogP) is 4.22. The van der Waals surface area contributed by atoms with E-state index in [1.807, 2.05) is 0 Å². The summed E-state index contributed by atoms with van der Waals surface area (Å²) in [5, 5.41) is 9.92. The lowest BCUT2D eigenvalue weighted by molar-refractivity contribution is -0.146. The second kappa shape index (κ2) is 9.09. The number of hydrogen-bond donors (Lipinski definition) is 2. The fourth-order valence-electron chi connectivity index (χ4n) is 9.03. The molecule has 5 aliphatic rings. The van der Waals surface area contributed by atoms with Gasteiger partial charge in [-0.25, -0.2) is 9.59 Å². The van der Waals surface area contributed by atoms with Crippen LogP contribution in [0.2, 0.25) is 0 Å². The normalized spacial score (nSPS) is 47.2. The Morgan fingerprint density at radius 2 is 1.77 bits per heavy atom. The average Bonchev–Trinajstić information content (AvgIpc) is 3.09. The van der Waals surface area contributed by atoms with Crippen LogP contribution < -0.4 is 5.73 Å². The Labute approximate surface area is 209 Å². The smallest absolute Gasteiger partial charge is 0.446 e. The number of hydrogen-bond acceptors (Lipinski definition) is 7. The van der Waals surface area contributed by atoms with Gasteiger partial charge in [-0.15, -0.1) is 0 Å². The zero-order valence-corrected chi connectivity index (χ0v) is 21.7. The minimum absolute atomic E-state index is 0.0406. The molecule has 0 radical (unpaired) electrons. The topological polar surface area (TPSA) is 111 Å². The zero-order valence-electron chi connectivity index (χ0n) is 21.7. The van der Waals surface area contributed by atoms with Crippen LogP contribution in [0.5, 0.6) is 0 Å². The maximum Gasteiger partial charge on any atom is 0.508 e. The van der Waals surface area contributed by atoms with Crippen LogP contribution in [0.1, 0.15) is 84.5 Å². The van der Waals surface area contributed by atoms with E-state index in [1.54, 1.807) is 4.90 Å². The van der Waals surface area contributed by atoms with Gasteiger partial charge in [0.2, 0.25) is 0 Å². The number of rotatable bonds is 2. The van der Waals surface area contributed by atoms with Crippen LogP contribution in [0.4, 0.5) is 9.59 Å². The van der Waals surface area contributed by atoms with Crippen LogP contribution in [0.15, 0.2) is 0 Å². The van der Waals surface area contributed by atoms with Crippen LogP contribution in [-0.4, -0.2) is 66.3 Å². The number of nitrogens with two attached hydrogens (primary N) is 1. The lowest BCUT2D eigenvalue weighted by Crippen LogP contribution is -2.67. The lowest BCUT2D eigenvalue weighted by Gasteiger charge is -2.64. The summed E-state index contributed by atoms with van der Waals surface area (Å²) in [5.74, 6) is 1.49. The molecule has 35 heavy (non-hydrogen) atoms. The van der Waals surface area contributed by atoms with E-state index in [0.717, 1.165) is 70.6 Å². The molecule has 1 saturated heterocycles. The molecule has 0 aromatic rings. The number of nitrogens with zero attached hydrogens (tertiary/aromatic N) is 1. The highest BCUT2D eigenvalue weighted by Gasteiger charge is 2.67. The monoisotopic (exact) mass is 492 g/mol. The van der Waals surface area contributed by atoms with E-state index in [4.69, 9.17) is 19.9 Å². The number of ether oxygens (including phenoxy) is 3. The summed E-state index contributed by atoms with van der Waals surface area (Å²) in [4.78, 5) is 26.3. The van der Waals surface area contributed by atoms with E-state index in [2.05, 4.69) is 13.8 Å². The maximum absolute atomic E-state index is 12.7. The molecule has 8 heteroatoms. The lowest BCUT2D eigenvalue weighted by atomic mass is 9.43. The summed E-state index contributed by atoms with van der Waals surface area (Å²) in [5.41, 5.74) is 6.94. The number of aliphatic hydroxyl groups is 1. The van der Waals surface area contributed by atoms with Crippen molar-refractivity contribution in [1.82, 2.24) is 4.90 Å². The number of piperidine rings is 1. The van der Waals surface area contributed by atoms with E-state index < -0.39 is 12.3 Å². The number of aliphatic hydroxyl groups excluding tert-OH is 1. The van der Waals surface area contributed by atoms with Gasteiger partial charge in [-0.05, 0) is 93.8 Å². The summed E-state index contributed by atoms with van der Waals surface area (Å²) >= 11 is 0. The van der Waals surface area contributed by atoms with E-state index in [-0.39, 0.29) is 34.7 Å². The molecule has 5 rings (SSSR count).